The van der Waals surface area contributed by atoms with Crippen LogP contribution in [0.25, 0.3) is 0 Å². The monoisotopic (exact) mass is 318 g/mol. The van der Waals surface area contributed by atoms with Gasteiger partial charge < -0.3 is 10.2 Å². The maximum Gasteiger partial charge on any atom is 0.0544 e. The molecule has 0 aliphatic heterocycles. The van der Waals surface area contributed by atoms with Crippen molar-refractivity contribution in [2.24, 2.45) is 23.2 Å². The minimum atomic E-state index is -0.216. The molecule has 3 aliphatic rings. The lowest BCUT2D eigenvalue weighted by molar-refractivity contribution is -0.0633. The van der Waals surface area contributed by atoms with E-state index in [9.17, 15) is 10.2 Å². The lowest BCUT2D eigenvalue weighted by Gasteiger charge is -2.52. The predicted octanol–water partition coefficient (Wildman–Crippen LogP) is 2.80. The largest absolute Gasteiger partial charge is 0.396 e. The number of hydrogen-bond acceptors (Lipinski definition) is 3. The van der Waals surface area contributed by atoms with Crippen LogP contribution >= 0.6 is 0 Å². The van der Waals surface area contributed by atoms with Crippen LogP contribution in [0.4, 0.5) is 0 Å². The van der Waals surface area contributed by atoms with Gasteiger partial charge in [0.15, 0.2) is 0 Å². The highest BCUT2D eigenvalue weighted by Gasteiger charge is 2.53. The Morgan fingerprint density at radius 2 is 2.04 bits per heavy atom. The fourth-order valence-electron chi connectivity index (χ4n) is 6.08. The van der Waals surface area contributed by atoms with E-state index in [2.05, 4.69) is 24.0 Å². The summed E-state index contributed by atoms with van der Waals surface area (Å²) in [6.07, 6.45) is 9.38. The summed E-state index contributed by atoms with van der Waals surface area (Å²) in [6, 6.07) is 0. The molecule has 128 valence electrons. The summed E-state index contributed by atoms with van der Waals surface area (Å²) < 4.78 is 0. The number of nitrogens with one attached hydrogen (secondary N) is 1. The van der Waals surface area contributed by atoms with Crippen molar-refractivity contribution in [1.82, 2.24) is 10.2 Å². The van der Waals surface area contributed by atoms with Crippen LogP contribution in [0.3, 0.4) is 0 Å². The second kappa shape index (κ2) is 5.32. The number of aliphatic hydroxyl groups is 2. The first kappa shape index (κ1) is 15.6. The predicted molar refractivity (Wildman–Crippen MR) is 89.0 cm³/mol. The lowest BCUT2D eigenvalue weighted by Crippen LogP contribution is -2.47. The molecule has 4 nitrogen and oxygen atoms in total. The first-order valence-corrected chi connectivity index (χ1v) is 9.29. The highest BCUT2D eigenvalue weighted by Crippen LogP contribution is 2.58. The van der Waals surface area contributed by atoms with Gasteiger partial charge in [0, 0.05) is 17.7 Å². The van der Waals surface area contributed by atoms with Crippen molar-refractivity contribution >= 4 is 0 Å². The molecule has 2 saturated carbocycles. The molecule has 0 saturated heterocycles. The molecule has 1 heterocycles. The molecule has 0 spiro atoms. The Bertz CT molecular complexity index is 586. The number of fused-ring (bicyclic) bond motifs is 3. The molecule has 0 amide bonds. The van der Waals surface area contributed by atoms with Gasteiger partial charge in [-0.2, -0.15) is 5.10 Å². The van der Waals surface area contributed by atoms with Crippen molar-refractivity contribution in [3.63, 3.8) is 0 Å². The molecule has 4 rings (SSSR count). The lowest BCUT2D eigenvalue weighted by atomic mass is 9.53. The average molecular weight is 318 g/mol. The maximum absolute atomic E-state index is 10.0. The fraction of sp³-hybridized carbons (Fsp3) is 0.842. The van der Waals surface area contributed by atoms with E-state index in [1.54, 1.807) is 0 Å². The van der Waals surface area contributed by atoms with Crippen molar-refractivity contribution in [2.45, 2.75) is 70.3 Å². The van der Waals surface area contributed by atoms with E-state index < -0.39 is 0 Å². The van der Waals surface area contributed by atoms with E-state index in [-0.39, 0.29) is 29.5 Å². The number of aromatic nitrogens is 2. The number of aromatic amines is 1. The van der Waals surface area contributed by atoms with E-state index in [1.807, 2.05) is 6.20 Å². The number of rotatable bonds is 2. The summed E-state index contributed by atoms with van der Waals surface area (Å²) in [6.45, 7) is 5.01. The molecular weight excluding hydrogens is 288 g/mol. The van der Waals surface area contributed by atoms with Crippen LogP contribution in [-0.2, 0) is 11.8 Å². The molecule has 6 unspecified atom stereocenters. The number of H-pyrrole nitrogens is 1. The highest BCUT2D eigenvalue weighted by molar-refractivity contribution is 5.34. The molecule has 23 heavy (non-hydrogen) atoms. The van der Waals surface area contributed by atoms with Crippen LogP contribution < -0.4 is 0 Å². The van der Waals surface area contributed by atoms with E-state index in [0.717, 1.165) is 25.7 Å². The van der Waals surface area contributed by atoms with E-state index >= 15 is 0 Å². The summed E-state index contributed by atoms with van der Waals surface area (Å²) in [5, 5.41) is 27.4. The zero-order valence-corrected chi connectivity index (χ0v) is 14.4. The van der Waals surface area contributed by atoms with E-state index in [0.29, 0.717) is 11.8 Å². The van der Waals surface area contributed by atoms with E-state index in [1.165, 1.54) is 30.5 Å². The molecule has 3 aliphatic carbocycles. The third kappa shape index (κ3) is 2.21. The van der Waals surface area contributed by atoms with Crippen molar-refractivity contribution in [2.75, 3.05) is 6.61 Å². The standard InChI is InChI=1S/C19H30N2O2/c1-18(6-4-16(23)9-15(18)11-22)13-3-5-19(2)14(8-13)7-12-10-20-21-17(12)19/h10,13-16,22-23H,3-9,11H2,1-2H3,(H,20,21). The van der Waals surface area contributed by atoms with Gasteiger partial charge in [-0.05, 0) is 73.7 Å². The van der Waals surface area contributed by atoms with Gasteiger partial charge in [0.25, 0.3) is 0 Å². The third-order valence-corrected chi connectivity index (χ3v) is 7.90. The Kier molecular flexibility index (Phi) is 3.62. The molecule has 0 bridgehead atoms. The van der Waals surface area contributed by atoms with Gasteiger partial charge in [-0.25, -0.2) is 0 Å². The SMILES string of the molecule is CC12CCC(C3(C)CCC(O)CC3CO)CC1Cc1cn[nH]c12. The van der Waals surface area contributed by atoms with Gasteiger partial charge in [0.2, 0.25) is 0 Å². The van der Waals surface area contributed by atoms with Crippen LogP contribution in [-0.4, -0.2) is 33.1 Å². The molecule has 1 aromatic heterocycles. The summed E-state index contributed by atoms with van der Waals surface area (Å²) >= 11 is 0. The zero-order chi connectivity index (χ0) is 16.2. The van der Waals surface area contributed by atoms with Gasteiger partial charge in [0.05, 0.1) is 12.3 Å². The Hall–Kier alpha value is -0.870. The number of aliphatic hydroxyl groups excluding tert-OH is 2. The second-order valence-electron chi connectivity index (χ2n) is 8.87. The minimum Gasteiger partial charge on any atom is -0.396 e. The normalized spacial score (nSPS) is 46.4. The Morgan fingerprint density at radius 1 is 1.22 bits per heavy atom. The molecule has 1 aromatic rings. The molecule has 0 radical (unpaired) electrons. The summed E-state index contributed by atoms with van der Waals surface area (Å²) in [4.78, 5) is 0. The van der Waals surface area contributed by atoms with Crippen LogP contribution in [0.1, 0.15) is 63.6 Å². The summed E-state index contributed by atoms with van der Waals surface area (Å²) in [5.74, 6) is 1.62. The first-order valence-electron chi connectivity index (χ1n) is 9.29. The topological polar surface area (TPSA) is 69.1 Å². The van der Waals surface area contributed by atoms with Crippen molar-refractivity contribution < 1.29 is 10.2 Å². The highest BCUT2D eigenvalue weighted by atomic mass is 16.3. The van der Waals surface area contributed by atoms with Crippen LogP contribution in [0.15, 0.2) is 6.20 Å². The van der Waals surface area contributed by atoms with Crippen LogP contribution in [0.2, 0.25) is 0 Å². The number of nitrogens with zero attached hydrogens (tertiary/aromatic N) is 1. The van der Waals surface area contributed by atoms with Crippen molar-refractivity contribution in [1.29, 1.82) is 0 Å². The Morgan fingerprint density at radius 3 is 2.83 bits per heavy atom. The van der Waals surface area contributed by atoms with Crippen molar-refractivity contribution in [3.05, 3.63) is 17.5 Å². The number of hydrogen-bond donors (Lipinski definition) is 3. The van der Waals surface area contributed by atoms with Gasteiger partial charge in [0.1, 0.15) is 0 Å². The zero-order valence-electron chi connectivity index (χ0n) is 14.4. The quantitative estimate of drug-likeness (QED) is 0.785. The van der Waals surface area contributed by atoms with Gasteiger partial charge >= 0.3 is 0 Å². The van der Waals surface area contributed by atoms with Crippen LogP contribution in [0, 0.1) is 23.2 Å². The molecular formula is C19H30N2O2. The maximum atomic E-state index is 10.0. The molecule has 3 N–H and O–H groups in total. The van der Waals surface area contributed by atoms with E-state index in [4.69, 9.17) is 0 Å². The van der Waals surface area contributed by atoms with Crippen LogP contribution in [0.5, 0.6) is 0 Å². The third-order valence-electron chi connectivity index (χ3n) is 7.90. The van der Waals surface area contributed by atoms with Gasteiger partial charge in [-0.3, -0.25) is 5.10 Å². The first-order chi connectivity index (χ1) is 11.0. The second-order valence-corrected chi connectivity index (χ2v) is 8.87. The van der Waals surface area contributed by atoms with Gasteiger partial charge in [-0.15, -0.1) is 0 Å². The summed E-state index contributed by atoms with van der Waals surface area (Å²) in [5.41, 5.74) is 3.25. The minimum absolute atomic E-state index is 0.184. The smallest absolute Gasteiger partial charge is 0.0544 e. The Labute approximate surface area is 138 Å². The van der Waals surface area contributed by atoms with Crippen molar-refractivity contribution in [3.8, 4) is 0 Å². The summed E-state index contributed by atoms with van der Waals surface area (Å²) in [7, 11) is 0. The van der Waals surface area contributed by atoms with Gasteiger partial charge in [-0.1, -0.05) is 13.8 Å². The molecule has 4 heteroatoms. The molecule has 2 fully saturated rings. The average Bonchev–Trinajstić information content (AvgIpc) is 3.10. The molecule has 0 aromatic carbocycles. The fourth-order valence-corrected chi connectivity index (χ4v) is 6.08. The Balaban J connectivity index is 1.56. The molecule has 6 atom stereocenters.